The van der Waals surface area contributed by atoms with Gasteiger partial charge in [-0.2, -0.15) is 0 Å². The van der Waals surface area contributed by atoms with Gasteiger partial charge in [-0.3, -0.25) is 9.69 Å². The molecule has 1 saturated carbocycles. The second kappa shape index (κ2) is 9.86. The van der Waals surface area contributed by atoms with E-state index in [1.807, 2.05) is 6.92 Å². The largest absolute Gasteiger partial charge is 0.508 e. The van der Waals surface area contributed by atoms with Crippen molar-refractivity contribution < 1.29 is 15.0 Å². The Morgan fingerprint density at radius 3 is 2.00 bits per heavy atom. The van der Waals surface area contributed by atoms with Crippen LogP contribution in [-0.2, 0) is 0 Å². The maximum Gasteiger partial charge on any atom is 0.179 e. The second-order valence-corrected chi connectivity index (χ2v) is 7.62. The van der Waals surface area contributed by atoms with Crippen LogP contribution in [0.3, 0.4) is 0 Å². The highest BCUT2D eigenvalue weighted by Gasteiger charge is 2.42. The van der Waals surface area contributed by atoms with Crippen LogP contribution in [0.25, 0.3) is 0 Å². The lowest BCUT2D eigenvalue weighted by molar-refractivity contribution is 0.0847. The van der Waals surface area contributed by atoms with Gasteiger partial charge in [0.05, 0.1) is 12.1 Å². The van der Waals surface area contributed by atoms with E-state index in [-0.39, 0.29) is 31.1 Å². The molecule has 1 heterocycles. The van der Waals surface area contributed by atoms with Crippen LogP contribution in [0.5, 0.6) is 5.75 Å². The molecule has 3 atom stereocenters. The Hall–Kier alpha value is -1.91. The van der Waals surface area contributed by atoms with E-state index in [9.17, 15) is 15.0 Å². The number of likely N-dealkylation sites (tertiary alicyclic amines) is 1. The number of hydrogen-bond acceptors (Lipinski definition) is 4. The summed E-state index contributed by atoms with van der Waals surface area (Å²) < 4.78 is 0. The summed E-state index contributed by atoms with van der Waals surface area (Å²) in [7, 11) is 0. The number of hydrogen-bond donors (Lipinski definition) is 2. The molecule has 4 heteroatoms. The minimum Gasteiger partial charge on any atom is -0.508 e. The molecular formula is C23H33NO3. The number of phenols is 1. The highest BCUT2D eigenvalue weighted by atomic mass is 16.3. The van der Waals surface area contributed by atoms with E-state index in [4.69, 9.17) is 0 Å². The fraction of sp³-hybridized carbons (Fsp3) is 0.522. The lowest BCUT2D eigenvalue weighted by Crippen LogP contribution is -2.38. The van der Waals surface area contributed by atoms with Gasteiger partial charge in [0, 0.05) is 18.7 Å². The molecule has 2 fully saturated rings. The summed E-state index contributed by atoms with van der Waals surface area (Å²) in [6.07, 6.45) is 12.6. The summed E-state index contributed by atoms with van der Waals surface area (Å²) >= 11 is 0. The van der Waals surface area contributed by atoms with Crippen molar-refractivity contribution in [2.45, 2.75) is 52.2 Å². The number of nitrogens with zero attached hydrogens (tertiary/aromatic N) is 1. The van der Waals surface area contributed by atoms with E-state index in [2.05, 4.69) is 29.2 Å². The van der Waals surface area contributed by atoms with Gasteiger partial charge in [0.15, 0.2) is 5.78 Å². The zero-order valence-corrected chi connectivity index (χ0v) is 15.4. The smallest absolute Gasteiger partial charge is 0.179 e. The SMILES string of the molecule is C.C1=CCCC=C1.CC(C(=O)c1ccc(O)cc1)N1CC2CC(O)CC2C1. The van der Waals surface area contributed by atoms with Gasteiger partial charge in [0.25, 0.3) is 0 Å². The summed E-state index contributed by atoms with van der Waals surface area (Å²) in [5.41, 5.74) is 0.646. The van der Waals surface area contributed by atoms with E-state index in [0.29, 0.717) is 17.4 Å². The summed E-state index contributed by atoms with van der Waals surface area (Å²) in [5.74, 6) is 1.37. The predicted molar refractivity (Wildman–Crippen MR) is 110 cm³/mol. The Balaban J connectivity index is 0.000000320. The van der Waals surface area contributed by atoms with Gasteiger partial charge in [-0.1, -0.05) is 31.7 Å². The van der Waals surface area contributed by atoms with Crippen molar-refractivity contribution in [2.24, 2.45) is 11.8 Å². The van der Waals surface area contributed by atoms with Crippen LogP contribution in [0, 0.1) is 11.8 Å². The van der Waals surface area contributed by atoms with Gasteiger partial charge in [0.1, 0.15) is 5.75 Å². The summed E-state index contributed by atoms with van der Waals surface area (Å²) in [6, 6.07) is 6.32. The van der Waals surface area contributed by atoms with E-state index in [1.54, 1.807) is 24.3 Å². The van der Waals surface area contributed by atoms with Crippen LogP contribution >= 0.6 is 0 Å². The van der Waals surface area contributed by atoms with E-state index < -0.39 is 0 Å². The Labute approximate surface area is 163 Å². The Kier molecular flexibility index (Phi) is 7.81. The number of fused-ring (bicyclic) bond motifs is 1. The highest BCUT2D eigenvalue weighted by molar-refractivity contribution is 5.99. The minimum atomic E-state index is -0.143. The number of rotatable bonds is 3. The number of carbonyl (C=O) groups is 1. The monoisotopic (exact) mass is 371 g/mol. The average molecular weight is 372 g/mol. The Bertz CT molecular complexity index is 639. The maximum absolute atomic E-state index is 12.5. The Morgan fingerprint density at radius 1 is 1.04 bits per heavy atom. The van der Waals surface area contributed by atoms with Crippen molar-refractivity contribution in [1.29, 1.82) is 0 Å². The molecule has 1 aromatic rings. The number of aliphatic hydroxyl groups excluding tert-OH is 1. The summed E-state index contributed by atoms with van der Waals surface area (Å²) in [5, 5.41) is 18.9. The molecule has 1 aromatic carbocycles. The number of allylic oxidation sites excluding steroid dienone is 4. The lowest BCUT2D eigenvalue weighted by Gasteiger charge is -2.24. The van der Waals surface area contributed by atoms with Crippen molar-refractivity contribution in [3.05, 3.63) is 54.1 Å². The topological polar surface area (TPSA) is 60.8 Å². The first-order chi connectivity index (χ1) is 12.5. The molecule has 4 nitrogen and oxygen atoms in total. The fourth-order valence-electron chi connectivity index (χ4n) is 4.20. The molecule has 4 rings (SSSR count). The van der Waals surface area contributed by atoms with Crippen molar-refractivity contribution in [3.63, 3.8) is 0 Å². The van der Waals surface area contributed by atoms with Crippen LogP contribution in [0.1, 0.15) is 50.4 Å². The quantitative estimate of drug-likeness (QED) is 0.782. The molecule has 148 valence electrons. The van der Waals surface area contributed by atoms with E-state index >= 15 is 0 Å². The number of benzene rings is 1. The number of aliphatic hydroxyl groups is 1. The van der Waals surface area contributed by atoms with Gasteiger partial charge in [-0.15, -0.1) is 0 Å². The van der Waals surface area contributed by atoms with Crippen molar-refractivity contribution in [2.75, 3.05) is 13.1 Å². The van der Waals surface area contributed by atoms with Crippen LogP contribution < -0.4 is 0 Å². The third kappa shape index (κ3) is 5.53. The first-order valence-corrected chi connectivity index (χ1v) is 9.61. The van der Waals surface area contributed by atoms with E-state index in [1.165, 1.54) is 12.8 Å². The number of carbonyl (C=O) groups excluding carboxylic acids is 1. The van der Waals surface area contributed by atoms with Crippen molar-refractivity contribution >= 4 is 5.78 Å². The Morgan fingerprint density at radius 2 is 1.56 bits per heavy atom. The van der Waals surface area contributed by atoms with Crippen LogP contribution in [-0.4, -0.2) is 46.1 Å². The minimum absolute atomic E-state index is 0. The molecule has 2 aliphatic carbocycles. The lowest BCUT2D eigenvalue weighted by atomic mass is 10.0. The number of phenolic OH excluding ortho intramolecular Hbond substituents is 1. The number of aromatic hydroxyl groups is 1. The molecule has 0 aromatic heterocycles. The van der Waals surface area contributed by atoms with Crippen molar-refractivity contribution in [1.82, 2.24) is 4.90 Å². The predicted octanol–water partition coefficient (Wildman–Crippen LogP) is 4.19. The molecule has 1 saturated heterocycles. The van der Waals surface area contributed by atoms with Crippen LogP contribution in [0.4, 0.5) is 0 Å². The fourth-order valence-corrected chi connectivity index (χ4v) is 4.20. The first-order valence-electron chi connectivity index (χ1n) is 9.61. The summed E-state index contributed by atoms with van der Waals surface area (Å²) in [6.45, 7) is 3.77. The second-order valence-electron chi connectivity index (χ2n) is 7.62. The number of Topliss-reactive ketones (excluding diaryl/α,β-unsaturated/α-hetero) is 1. The van der Waals surface area contributed by atoms with Crippen molar-refractivity contribution in [3.8, 4) is 5.75 Å². The van der Waals surface area contributed by atoms with Gasteiger partial charge in [-0.25, -0.2) is 0 Å². The average Bonchev–Trinajstić information content (AvgIpc) is 3.20. The zero-order valence-electron chi connectivity index (χ0n) is 15.4. The zero-order chi connectivity index (χ0) is 18.5. The van der Waals surface area contributed by atoms with Gasteiger partial charge in [0.2, 0.25) is 0 Å². The molecule has 3 aliphatic rings. The molecule has 0 amide bonds. The summed E-state index contributed by atoms with van der Waals surface area (Å²) in [4.78, 5) is 14.7. The van der Waals surface area contributed by atoms with Gasteiger partial charge in [-0.05, 0) is 68.7 Å². The molecule has 0 radical (unpaired) electrons. The van der Waals surface area contributed by atoms with Gasteiger partial charge < -0.3 is 10.2 Å². The highest BCUT2D eigenvalue weighted by Crippen LogP contribution is 2.38. The molecule has 3 unspecified atom stereocenters. The third-order valence-corrected chi connectivity index (χ3v) is 5.72. The van der Waals surface area contributed by atoms with Crippen LogP contribution in [0.15, 0.2) is 48.6 Å². The standard InChI is InChI=1S/C16H21NO3.C6H8.CH4/c1-10(16(20)11-2-4-14(18)5-3-11)17-8-12-6-15(19)7-13(12)9-17;1-2-4-6-5-3-1;/h2-5,10,12-13,15,18-19H,6-9H2,1H3;1-4H,5-6H2;1H4. The third-order valence-electron chi connectivity index (χ3n) is 5.72. The maximum atomic E-state index is 12.5. The first kappa shape index (κ1) is 21.4. The number of ketones is 1. The molecular weight excluding hydrogens is 338 g/mol. The molecule has 0 spiro atoms. The molecule has 0 bridgehead atoms. The molecule has 2 N–H and O–H groups in total. The van der Waals surface area contributed by atoms with E-state index in [0.717, 1.165) is 25.9 Å². The van der Waals surface area contributed by atoms with Gasteiger partial charge >= 0.3 is 0 Å². The van der Waals surface area contributed by atoms with Crippen LogP contribution in [0.2, 0.25) is 0 Å². The normalized spacial score (nSPS) is 27.3. The molecule has 1 aliphatic heterocycles. The molecule has 27 heavy (non-hydrogen) atoms.